The van der Waals surface area contributed by atoms with Gasteiger partial charge in [0.25, 0.3) is 0 Å². The zero-order valence-electron chi connectivity index (χ0n) is 11.2. The first-order valence-electron chi connectivity index (χ1n) is 6.03. The highest BCUT2D eigenvalue weighted by atomic mass is 79.9. The van der Waals surface area contributed by atoms with Crippen LogP contribution >= 0.6 is 15.9 Å². The van der Waals surface area contributed by atoms with Gasteiger partial charge in [0, 0.05) is 12.2 Å². The van der Waals surface area contributed by atoms with Crippen LogP contribution in [0.3, 0.4) is 0 Å². The van der Waals surface area contributed by atoms with Gasteiger partial charge in [-0.2, -0.15) is 4.98 Å². The van der Waals surface area contributed by atoms with Gasteiger partial charge in [0.05, 0.1) is 11.6 Å². The van der Waals surface area contributed by atoms with Crippen molar-refractivity contribution in [1.29, 1.82) is 0 Å². The quantitative estimate of drug-likeness (QED) is 0.574. The number of rotatable bonds is 5. The molecule has 0 bridgehead atoms. The molecule has 1 aromatic heterocycles. The maximum absolute atomic E-state index is 5.31. The zero-order valence-corrected chi connectivity index (χ0v) is 12.8. The molecule has 2 rings (SSSR count). The van der Waals surface area contributed by atoms with Gasteiger partial charge in [-0.25, -0.2) is 10.8 Å². The van der Waals surface area contributed by atoms with Crippen LogP contribution < -0.4 is 21.3 Å². The molecule has 1 heterocycles. The number of hydrogen-bond donors (Lipinski definition) is 3. The number of halogens is 1. The number of hydrogen-bond acceptors (Lipinski definition) is 6. The summed E-state index contributed by atoms with van der Waals surface area (Å²) in [5.41, 5.74) is 3.55. The van der Waals surface area contributed by atoms with E-state index in [1.807, 2.05) is 31.2 Å². The van der Waals surface area contributed by atoms with E-state index >= 15 is 0 Å². The fraction of sp³-hybridized carbons (Fsp3) is 0.231. The van der Waals surface area contributed by atoms with Gasteiger partial charge in [-0.05, 0) is 40.5 Å². The first-order valence-corrected chi connectivity index (χ1v) is 6.83. The minimum Gasteiger partial charge on any atom is -0.497 e. The molecule has 0 aliphatic rings. The summed E-state index contributed by atoms with van der Waals surface area (Å²) < 4.78 is 5.92. The Balaban J connectivity index is 2.15. The average molecular weight is 338 g/mol. The van der Waals surface area contributed by atoms with Crippen molar-refractivity contribution in [3.8, 4) is 5.75 Å². The predicted octanol–water partition coefficient (Wildman–Crippen LogP) is 2.71. The molecule has 0 amide bonds. The smallest absolute Gasteiger partial charge is 0.239 e. The van der Waals surface area contributed by atoms with Crippen molar-refractivity contribution in [2.24, 2.45) is 5.84 Å². The highest BCUT2D eigenvalue weighted by molar-refractivity contribution is 9.10. The highest BCUT2D eigenvalue weighted by Gasteiger charge is 2.10. The molecular formula is C13H16BrN5O. The van der Waals surface area contributed by atoms with Crippen LogP contribution in [-0.4, -0.2) is 17.1 Å². The molecule has 0 aliphatic carbocycles. The molecular weight excluding hydrogens is 322 g/mol. The lowest BCUT2D eigenvalue weighted by atomic mass is 10.1. The van der Waals surface area contributed by atoms with Crippen molar-refractivity contribution >= 4 is 27.7 Å². The molecule has 7 heteroatoms. The molecule has 0 fully saturated rings. The number of aromatic nitrogens is 2. The lowest BCUT2D eigenvalue weighted by molar-refractivity contribution is 0.414. The lowest BCUT2D eigenvalue weighted by Crippen LogP contribution is -2.13. The van der Waals surface area contributed by atoms with Crippen LogP contribution in [0.1, 0.15) is 18.5 Å². The average Bonchev–Trinajstić information content (AvgIpc) is 2.49. The van der Waals surface area contributed by atoms with Crippen molar-refractivity contribution < 1.29 is 4.74 Å². The van der Waals surface area contributed by atoms with E-state index in [9.17, 15) is 0 Å². The molecule has 106 valence electrons. The van der Waals surface area contributed by atoms with Gasteiger partial charge < -0.3 is 10.1 Å². The first kappa shape index (κ1) is 14.5. The molecule has 0 aliphatic heterocycles. The zero-order chi connectivity index (χ0) is 14.5. The van der Waals surface area contributed by atoms with Crippen LogP contribution in [0.15, 0.2) is 34.9 Å². The van der Waals surface area contributed by atoms with Crippen molar-refractivity contribution in [3.63, 3.8) is 0 Å². The fourth-order valence-electron chi connectivity index (χ4n) is 1.72. The summed E-state index contributed by atoms with van der Waals surface area (Å²) in [4.78, 5) is 8.27. The van der Waals surface area contributed by atoms with Crippen molar-refractivity contribution in [2.75, 3.05) is 17.9 Å². The summed E-state index contributed by atoms with van der Waals surface area (Å²) in [6.07, 6.45) is 1.64. The summed E-state index contributed by atoms with van der Waals surface area (Å²) in [5.74, 6) is 7.18. The molecule has 4 N–H and O–H groups in total. The molecule has 0 radical (unpaired) electrons. The number of anilines is 2. The second-order valence-electron chi connectivity index (χ2n) is 4.17. The number of methoxy groups -OCH3 is 1. The van der Waals surface area contributed by atoms with E-state index < -0.39 is 0 Å². The number of nitrogens with zero attached hydrogens (tertiary/aromatic N) is 2. The number of nitrogen functional groups attached to an aromatic ring is 1. The minimum absolute atomic E-state index is 0.0812. The maximum Gasteiger partial charge on any atom is 0.239 e. The predicted molar refractivity (Wildman–Crippen MR) is 82.6 cm³/mol. The number of ether oxygens (including phenoxy) is 1. The lowest BCUT2D eigenvalue weighted by Gasteiger charge is -2.16. The Labute approximate surface area is 125 Å². The Morgan fingerprint density at radius 3 is 2.60 bits per heavy atom. The Morgan fingerprint density at radius 1 is 1.30 bits per heavy atom. The molecule has 2 aromatic rings. The summed E-state index contributed by atoms with van der Waals surface area (Å²) in [6, 6.07) is 7.95. The topological polar surface area (TPSA) is 85.1 Å². The third-order valence-corrected chi connectivity index (χ3v) is 3.42. The van der Waals surface area contributed by atoms with Gasteiger partial charge >= 0.3 is 0 Å². The molecule has 20 heavy (non-hydrogen) atoms. The van der Waals surface area contributed by atoms with Gasteiger partial charge in [0.2, 0.25) is 5.95 Å². The number of nitrogens with two attached hydrogens (primary N) is 1. The first-order chi connectivity index (χ1) is 9.63. The summed E-state index contributed by atoms with van der Waals surface area (Å²) in [7, 11) is 1.65. The monoisotopic (exact) mass is 337 g/mol. The standard InChI is InChI=1S/C13H16BrN5O/c1-8(9-3-5-10(20-2)6-4-9)17-12-11(14)7-16-13(18-12)19-15/h3-8H,15H2,1-2H3,(H2,16,17,18,19). The van der Waals surface area contributed by atoms with Crippen LogP contribution in [0.2, 0.25) is 0 Å². The fourth-order valence-corrected chi connectivity index (χ4v) is 2.02. The summed E-state index contributed by atoms with van der Waals surface area (Å²) >= 11 is 3.41. The van der Waals surface area contributed by atoms with E-state index in [1.54, 1.807) is 13.3 Å². The third-order valence-electron chi connectivity index (χ3n) is 2.84. The summed E-state index contributed by atoms with van der Waals surface area (Å²) in [5, 5.41) is 3.30. The van der Waals surface area contributed by atoms with E-state index in [2.05, 4.69) is 36.6 Å². The summed E-state index contributed by atoms with van der Waals surface area (Å²) in [6.45, 7) is 2.05. The second kappa shape index (κ2) is 6.53. The Bertz CT molecular complexity index is 575. The largest absolute Gasteiger partial charge is 0.497 e. The molecule has 0 saturated heterocycles. The third kappa shape index (κ3) is 3.37. The van der Waals surface area contributed by atoms with Gasteiger partial charge in [-0.15, -0.1) is 0 Å². The molecule has 1 aromatic carbocycles. The number of hydrazine groups is 1. The van der Waals surface area contributed by atoms with E-state index in [0.717, 1.165) is 15.8 Å². The normalized spacial score (nSPS) is 11.8. The van der Waals surface area contributed by atoms with Gasteiger partial charge in [-0.1, -0.05) is 12.1 Å². The second-order valence-corrected chi connectivity index (χ2v) is 5.03. The van der Waals surface area contributed by atoms with Crippen molar-refractivity contribution in [2.45, 2.75) is 13.0 Å². The van der Waals surface area contributed by atoms with Gasteiger partial charge in [-0.3, -0.25) is 5.43 Å². The number of benzene rings is 1. The van der Waals surface area contributed by atoms with Crippen LogP contribution in [0.4, 0.5) is 11.8 Å². The van der Waals surface area contributed by atoms with E-state index in [1.165, 1.54) is 0 Å². The SMILES string of the molecule is COc1ccc(C(C)Nc2nc(NN)ncc2Br)cc1. The van der Waals surface area contributed by atoms with Crippen molar-refractivity contribution in [3.05, 3.63) is 40.5 Å². The van der Waals surface area contributed by atoms with E-state index in [4.69, 9.17) is 10.6 Å². The van der Waals surface area contributed by atoms with Crippen LogP contribution in [-0.2, 0) is 0 Å². The number of nitrogens with one attached hydrogen (secondary N) is 2. The van der Waals surface area contributed by atoms with Crippen LogP contribution in [0, 0.1) is 0 Å². The molecule has 6 nitrogen and oxygen atoms in total. The molecule has 1 unspecified atom stereocenters. The van der Waals surface area contributed by atoms with Crippen LogP contribution in [0.5, 0.6) is 5.75 Å². The van der Waals surface area contributed by atoms with E-state index in [0.29, 0.717) is 11.8 Å². The van der Waals surface area contributed by atoms with Crippen LogP contribution in [0.25, 0.3) is 0 Å². The molecule has 0 saturated carbocycles. The Kier molecular flexibility index (Phi) is 4.75. The van der Waals surface area contributed by atoms with Gasteiger partial charge in [0.1, 0.15) is 11.6 Å². The highest BCUT2D eigenvalue weighted by Crippen LogP contribution is 2.25. The Morgan fingerprint density at radius 2 is 2.00 bits per heavy atom. The molecule has 0 spiro atoms. The van der Waals surface area contributed by atoms with Crippen molar-refractivity contribution in [1.82, 2.24) is 9.97 Å². The minimum atomic E-state index is 0.0812. The Hall–Kier alpha value is -1.86. The van der Waals surface area contributed by atoms with Gasteiger partial charge in [0.15, 0.2) is 0 Å². The van der Waals surface area contributed by atoms with E-state index in [-0.39, 0.29) is 6.04 Å². The maximum atomic E-state index is 5.31. The molecule has 1 atom stereocenters.